The van der Waals surface area contributed by atoms with Crippen molar-refractivity contribution in [3.63, 3.8) is 0 Å². The molecule has 7 heteroatoms. The maximum absolute atomic E-state index is 10.9. The summed E-state index contributed by atoms with van der Waals surface area (Å²) >= 11 is 5.79. The van der Waals surface area contributed by atoms with Crippen molar-refractivity contribution in [2.75, 3.05) is 18.5 Å². The summed E-state index contributed by atoms with van der Waals surface area (Å²) in [7, 11) is 0. The minimum absolute atomic E-state index is 0.154. The second-order valence-corrected chi connectivity index (χ2v) is 4.43. The van der Waals surface area contributed by atoms with Crippen molar-refractivity contribution in [2.24, 2.45) is 0 Å². The Bertz CT molecular complexity index is 427. The normalized spacial score (nSPS) is 11.3. The van der Waals surface area contributed by atoms with Gasteiger partial charge in [-0.15, -0.1) is 0 Å². The first-order valence-corrected chi connectivity index (χ1v) is 5.79. The van der Waals surface area contributed by atoms with Crippen molar-refractivity contribution in [3.05, 3.63) is 33.3 Å². The van der Waals surface area contributed by atoms with E-state index in [1.165, 1.54) is 18.2 Å². The van der Waals surface area contributed by atoms with Crippen LogP contribution in [0.5, 0.6) is 0 Å². The predicted molar refractivity (Wildman–Crippen MR) is 68.9 cm³/mol. The van der Waals surface area contributed by atoms with E-state index in [9.17, 15) is 20.3 Å². The summed E-state index contributed by atoms with van der Waals surface area (Å²) in [6.45, 7) is 1.07. The number of benzene rings is 1. The summed E-state index contributed by atoms with van der Waals surface area (Å²) < 4.78 is 0. The highest BCUT2D eigenvalue weighted by atomic mass is 35.5. The monoisotopic (exact) mass is 274 g/mol. The number of nitro benzene ring substituents is 1. The predicted octanol–water partition coefficient (Wildman–Crippen LogP) is 1.79. The van der Waals surface area contributed by atoms with Gasteiger partial charge in [0, 0.05) is 11.1 Å². The number of nitrogens with one attached hydrogen (secondary N) is 1. The molecule has 18 heavy (non-hydrogen) atoms. The van der Waals surface area contributed by atoms with Crippen molar-refractivity contribution in [1.82, 2.24) is 0 Å². The fourth-order valence-corrected chi connectivity index (χ4v) is 1.67. The molecule has 0 spiro atoms. The van der Waals surface area contributed by atoms with Crippen molar-refractivity contribution in [3.8, 4) is 0 Å². The smallest absolute Gasteiger partial charge is 0.292 e. The zero-order chi connectivity index (χ0) is 13.8. The quantitative estimate of drug-likeness (QED) is 0.543. The van der Waals surface area contributed by atoms with Crippen LogP contribution in [0.25, 0.3) is 0 Å². The summed E-state index contributed by atoms with van der Waals surface area (Å²) in [6, 6.07) is 4.09. The molecule has 100 valence electrons. The molecule has 1 rings (SSSR count). The molecule has 0 atom stereocenters. The molecule has 0 amide bonds. The number of halogens is 1. The third-order valence-corrected chi connectivity index (χ3v) is 3.07. The van der Waals surface area contributed by atoms with Gasteiger partial charge in [-0.3, -0.25) is 10.1 Å². The van der Waals surface area contributed by atoms with Crippen LogP contribution in [-0.4, -0.2) is 33.9 Å². The summed E-state index contributed by atoms with van der Waals surface area (Å²) in [5.74, 6) is 0. The third kappa shape index (κ3) is 3.10. The number of aliphatic hydroxyl groups is 2. The first kappa shape index (κ1) is 14.7. The van der Waals surface area contributed by atoms with Gasteiger partial charge in [0.05, 0.1) is 23.7 Å². The van der Waals surface area contributed by atoms with E-state index < -0.39 is 10.5 Å². The molecule has 0 aliphatic heterocycles. The Balaban J connectivity index is 3.16. The fraction of sp³-hybridized carbons (Fsp3) is 0.455. The summed E-state index contributed by atoms with van der Waals surface area (Å²) in [4.78, 5) is 10.3. The minimum Gasteiger partial charge on any atom is -0.394 e. The lowest BCUT2D eigenvalue weighted by molar-refractivity contribution is -0.384. The molecule has 6 nitrogen and oxygen atoms in total. The first-order valence-electron chi connectivity index (χ1n) is 5.42. The van der Waals surface area contributed by atoms with Gasteiger partial charge in [0.15, 0.2) is 0 Å². The standard InChI is InChI=1S/C11H15ClN2O4/c1-2-11(6-15,7-16)13-9-5-8(12)3-4-10(9)14(17)18/h3-5,13,15-16H,2,6-7H2,1H3. The van der Waals surface area contributed by atoms with Gasteiger partial charge < -0.3 is 15.5 Å². The van der Waals surface area contributed by atoms with E-state index in [2.05, 4.69) is 5.32 Å². The van der Waals surface area contributed by atoms with Crippen LogP contribution in [0, 0.1) is 10.1 Å². The van der Waals surface area contributed by atoms with Crippen LogP contribution in [0.4, 0.5) is 11.4 Å². The highest BCUT2D eigenvalue weighted by molar-refractivity contribution is 6.31. The van der Waals surface area contributed by atoms with E-state index in [1.54, 1.807) is 6.92 Å². The van der Waals surface area contributed by atoms with Gasteiger partial charge in [-0.05, 0) is 18.6 Å². The van der Waals surface area contributed by atoms with E-state index in [0.29, 0.717) is 11.4 Å². The Kier molecular flexibility index (Phi) is 4.89. The molecular formula is C11H15ClN2O4. The largest absolute Gasteiger partial charge is 0.394 e. The second-order valence-electron chi connectivity index (χ2n) is 3.99. The summed E-state index contributed by atoms with van der Waals surface area (Å²) in [6.07, 6.45) is 0.406. The van der Waals surface area contributed by atoms with Crippen LogP contribution in [0.15, 0.2) is 18.2 Å². The van der Waals surface area contributed by atoms with E-state index in [4.69, 9.17) is 11.6 Å². The lowest BCUT2D eigenvalue weighted by atomic mass is 9.98. The molecule has 0 aromatic heterocycles. The highest BCUT2D eigenvalue weighted by Crippen LogP contribution is 2.30. The van der Waals surface area contributed by atoms with Crippen LogP contribution in [0.3, 0.4) is 0 Å². The number of aliphatic hydroxyl groups excluding tert-OH is 2. The number of nitro groups is 1. The number of hydrogen-bond acceptors (Lipinski definition) is 5. The molecule has 0 radical (unpaired) electrons. The van der Waals surface area contributed by atoms with Crippen molar-refractivity contribution < 1.29 is 15.1 Å². The number of rotatable bonds is 6. The topological polar surface area (TPSA) is 95.6 Å². The highest BCUT2D eigenvalue weighted by Gasteiger charge is 2.29. The average Bonchev–Trinajstić information content (AvgIpc) is 2.36. The molecule has 0 bridgehead atoms. The van der Waals surface area contributed by atoms with Crippen molar-refractivity contribution in [1.29, 1.82) is 0 Å². The zero-order valence-electron chi connectivity index (χ0n) is 9.89. The van der Waals surface area contributed by atoms with Gasteiger partial charge in [-0.1, -0.05) is 18.5 Å². The van der Waals surface area contributed by atoms with E-state index in [1.807, 2.05) is 0 Å². The maximum Gasteiger partial charge on any atom is 0.292 e. The molecule has 0 aliphatic rings. The number of anilines is 1. The van der Waals surface area contributed by atoms with Gasteiger partial charge in [-0.2, -0.15) is 0 Å². The molecule has 0 saturated carbocycles. The van der Waals surface area contributed by atoms with Crippen molar-refractivity contribution in [2.45, 2.75) is 18.9 Å². The van der Waals surface area contributed by atoms with Crippen LogP contribution in [0.1, 0.15) is 13.3 Å². The Morgan fingerprint density at radius 3 is 2.50 bits per heavy atom. The Labute approximate surface area is 109 Å². The zero-order valence-corrected chi connectivity index (χ0v) is 10.6. The Hall–Kier alpha value is -1.37. The van der Waals surface area contributed by atoms with E-state index in [0.717, 1.165) is 0 Å². The average molecular weight is 275 g/mol. The van der Waals surface area contributed by atoms with Gasteiger partial charge in [0.1, 0.15) is 5.69 Å². The van der Waals surface area contributed by atoms with E-state index in [-0.39, 0.29) is 24.6 Å². The SMILES string of the molecule is CCC(CO)(CO)Nc1cc(Cl)ccc1[N+](=O)[O-]. The van der Waals surface area contributed by atoms with Gasteiger partial charge in [0.2, 0.25) is 0 Å². The van der Waals surface area contributed by atoms with Gasteiger partial charge in [-0.25, -0.2) is 0 Å². The molecule has 1 aromatic carbocycles. The van der Waals surface area contributed by atoms with Crippen LogP contribution in [-0.2, 0) is 0 Å². The van der Waals surface area contributed by atoms with E-state index >= 15 is 0 Å². The molecule has 3 N–H and O–H groups in total. The molecule has 0 fully saturated rings. The number of nitrogens with zero attached hydrogens (tertiary/aromatic N) is 1. The second kappa shape index (κ2) is 5.99. The molecule has 1 aromatic rings. The lowest BCUT2D eigenvalue weighted by Crippen LogP contribution is -2.45. The maximum atomic E-state index is 10.9. The number of hydrogen-bond donors (Lipinski definition) is 3. The third-order valence-electron chi connectivity index (χ3n) is 2.84. The summed E-state index contributed by atoms with van der Waals surface area (Å²) in [5.41, 5.74) is -0.980. The van der Waals surface area contributed by atoms with Crippen LogP contribution >= 0.6 is 11.6 Å². The van der Waals surface area contributed by atoms with Gasteiger partial charge >= 0.3 is 0 Å². The van der Waals surface area contributed by atoms with Crippen molar-refractivity contribution >= 4 is 23.0 Å². The lowest BCUT2D eigenvalue weighted by Gasteiger charge is -2.30. The molecule has 0 aliphatic carbocycles. The van der Waals surface area contributed by atoms with Gasteiger partial charge in [0.25, 0.3) is 5.69 Å². The molecule has 0 unspecified atom stereocenters. The molecule has 0 saturated heterocycles. The minimum atomic E-state index is -1.00. The Morgan fingerprint density at radius 2 is 2.06 bits per heavy atom. The summed E-state index contributed by atoms with van der Waals surface area (Å²) in [5, 5.41) is 32.6. The van der Waals surface area contributed by atoms with Crippen LogP contribution < -0.4 is 5.32 Å². The fourth-order valence-electron chi connectivity index (χ4n) is 1.49. The Morgan fingerprint density at radius 1 is 1.44 bits per heavy atom. The van der Waals surface area contributed by atoms with Crippen LogP contribution in [0.2, 0.25) is 5.02 Å². The first-order chi connectivity index (χ1) is 8.48. The molecule has 0 heterocycles. The molecular weight excluding hydrogens is 260 g/mol.